The first-order valence-corrected chi connectivity index (χ1v) is 6.34. The lowest BCUT2D eigenvalue weighted by Crippen LogP contribution is -2.01. The molecule has 0 unspecified atom stereocenters. The fourth-order valence-corrected chi connectivity index (χ4v) is 1.92. The van der Waals surface area contributed by atoms with E-state index >= 15 is 0 Å². The maximum Gasteiger partial charge on any atom is 0.189 e. The second kappa shape index (κ2) is 6.70. The second-order valence-electron chi connectivity index (χ2n) is 4.29. The summed E-state index contributed by atoms with van der Waals surface area (Å²) >= 11 is 0. The van der Waals surface area contributed by atoms with Gasteiger partial charge in [-0.15, -0.1) is 0 Å². The molecule has 0 radical (unpaired) electrons. The van der Waals surface area contributed by atoms with Gasteiger partial charge >= 0.3 is 0 Å². The van der Waals surface area contributed by atoms with Crippen LogP contribution in [0.15, 0.2) is 48.5 Å². The molecule has 0 heterocycles. The Morgan fingerprint density at radius 2 is 1.76 bits per heavy atom. The Morgan fingerprint density at radius 3 is 2.38 bits per heavy atom. The molecule has 0 bridgehead atoms. The molecule has 0 fully saturated rings. The third kappa shape index (κ3) is 3.48. The van der Waals surface area contributed by atoms with E-state index in [9.17, 15) is 9.18 Å². The molecule has 4 heteroatoms. The number of methoxy groups -OCH3 is 2. The first-order chi connectivity index (χ1) is 10.2. The van der Waals surface area contributed by atoms with Crippen LogP contribution in [0.1, 0.15) is 15.9 Å². The standard InChI is InChI=1S/C17H15FO3/c1-20-16-5-3-4-14(17(16)21-2)15(19)11-8-12-6-9-13(18)10-7-12/h3-11H,1-2H3/b11-8+. The normalized spacial score (nSPS) is 10.6. The Morgan fingerprint density at radius 1 is 1.05 bits per heavy atom. The molecule has 108 valence electrons. The summed E-state index contributed by atoms with van der Waals surface area (Å²) in [4.78, 5) is 12.2. The highest BCUT2D eigenvalue weighted by Crippen LogP contribution is 2.31. The number of allylic oxidation sites excluding steroid dienone is 1. The van der Waals surface area contributed by atoms with Crippen LogP contribution in [0, 0.1) is 5.82 Å². The van der Waals surface area contributed by atoms with Gasteiger partial charge in [0.05, 0.1) is 19.8 Å². The van der Waals surface area contributed by atoms with Crippen molar-refractivity contribution in [2.75, 3.05) is 14.2 Å². The van der Waals surface area contributed by atoms with Gasteiger partial charge in [-0.05, 0) is 35.9 Å². The molecule has 0 spiro atoms. The van der Waals surface area contributed by atoms with E-state index in [2.05, 4.69) is 0 Å². The number of carbonyl (C=O) groups excluding carboxylic acids is 1. The Hall–Kier alpha value is -2.62. The van der Waals surface area contributed by atoms with Gasteiger partial charge in [0.1, 0.15) is 5.82 Å². The summed E-state index contributed by atoms with van der Waals surface area (Å²) in [5, 5.41) is 0. The van der Waals surface area contributed by atoms with Crippen LogP contribution in [-0.4, -0.2) is 20.0 Å². The van der Waals surface area contributed by atoms with Crippen LogP contribution in [0.4, 0.5) is 4.39 Å². The molecule has 0 atom stereocenters. The summed E-state index contributed by atoms with van der Waals surface area (Å²) in [5.74, 6) is 0.371. The number of carbonyl (C=O) groups is 1. The SMILES string of the molecule is COc1cccc(C(=O)/C=C/c2ccc(F)cc2)c1OC. The van der Waals surface area contributed by atoms with Gasteiger partial charge in [0, 0.05) is 0 Å². The summed E-state index contributed by atoms with van der Waals surface area (Å²) in [6.07, 6.45) is 3.05. The minimum atomic E-state index is -0.312. The summed E-state index contributed by atoms with van der Waals surface area (Å²) in [6, 6.07) is 11.0. The van der Waals surface area contributed by atoms with Crippen molar-refractivity contribution in [2.45, 2.75) is 0 Å². The highest BCUT2D eigenvalue weighted by Gasteiger charge is 2.13. The maximum absolute atomic E-state index is 12.8. The van der Waals surface area contributed by atoms with Crippen LogP contribution < -0.4 is 9.47 Å². The number of halogens is 1. The molecule has 2 aromatic rings. The van der Waals surface area contributed by atoms with Crippen LogP contribution in [0.2, 0.25) is 0 Å². The molecule has 0 saturated heterocycles. The van der Waals surface area contributed by atoms with E-state index in [1.807, 2.05) is 0 Å². The molecular weight excluding hydrogens is 271 g/mol. The van der Waals surface area contributed by atoms with Crippen molar-refractivity contribution in [3.63, 3.8) is 0 Å². The van der Waals surface area contributed by atoms with E-state index in [4.69, 9.17) is 9.47 Å². The predicted octanol–water partition coefficient (Wildman–Crippen LogP) is 3.74. The zero-order valence-corrected chi connectivity index (χ0v) is 11.8. The van der Waals surface area contributed by atoms with Gasteiger partial charge in [0.2, 0.25) is 0 Å². The van der Waals surface area contributed by atoms with Crippen molar-refractivity contribution >= 4 is 11.9 Å². The van der Waals surface area contributed by atoms with Crippen LogP contribution in [-0.2, 0) is 0 Å². The Labute approximate surface area is 122 Å². The fraction of sp³-hybridized carbons (Fsp3) is 0.118. The van der Waals surface area contributed by atoms with Crippen molar-refractivity contribution in [2.24, 2.45) is 0 Å². The number of benzene rings is 2. The summed E-state index contributed by atoms with van der Waals surface area (Å²) < 4.78 is 23.2. The van der Waals surface area contributed by atoms with E-state index in [0.29, 0.717) is 17.1 Å². The van der Waals surface area contributed by atoms with Crippen LogP contribution >= 0.6 is 0 Å². The van der Waals surface area contributed by atoms with Crippen molar-refractivity contribution in [3.8, 4) is 11.5 Å². The van der Waals surface area contributed by atoms with Crippen LogP contribution in [0.25, 0.3) is 6.08 Å². The van der Waals surface area contributed by atoms with Crippen molar-refractivity contribution in [1.82, 2.24) is 0 Å². The molecule has 0 amide bonds. The predicted molar refractivity (Wildman–Crippen MR) is 79.3 cm³/mol. The lowest BCUT2D eigenvalue weighted by molar-refractivity contribution is 0.104. The number of ketones is 1. The smallest absolute Gasteiger partial charge is 0.189 e. The van der Waals surface area contributed by atoms with Gasteiger partial charge in [0.15, 0.2) is 17.3 Å². The minimum Gasteiger partial charge on any atom is -0.493 e. The Bertz CT molecular complexity index is 660. The number of rotatable bonds is 5. The highest BCUT2D eigenvalue weighted by atomic mass is 19.1. The number of ether oxygens (including phenoxy) is 2. The lowest BCUT2D eigenvalue weighted by Gasteiger charge is -2.10. The molecule has 0 aliphatic heterocycles. The zero-order chi connectivity index (χ0) is 15.2. The Balaban J connectivity index is 2.26. The second-order valence-corrected chi connectivity index (χ2v) is 4.29. The minimum absolute atomic E-state index is 0.213. The number of para-hydroxylation sites is 1. The molecule has 0 aliphatic rings. The topological polar surface area (TPSA) is 35.5 Å². The van der Waals surface area contributed by atoms with Gasteiger partial charge < -0.3 is 9.47 Å². The van der Waals surface area contributed by atoms with E-state index in [0.717, 1.165) is 5.56 Å². The maximum atomic E-state index is 12.8. The third-order valence-electron chi connectivity index (χ3n) is 2.97. The van der Waals surface area contributed by atoms with Gasteiger partial charge in [-0.3, -0.25) is 4.79 Å². The van der Waals surface area contributed by atoms with E-state index < -0.39 is 0 Å². The molecule has 2 aromatic carbocycles. The van der Waals surface area contributed by atoms with Crippen LogP contribution in [0.3, 0.4) is 0 Å². The first kappa shape index (κ1) is 14.8. The van der Waals surface area contributed by atoms with Gasteiger partial charge in [0.25, 0.3) is 0 Å². The molecule has 2 rings (SSSR count). The van der Waals surface area contributed by atoms with Crippen molar-refractivity contribution in [1.29, 1.82) is 0 Å². The molecule has 3 nitrogen and oxygen atoms in total. The molecule has 0 aromatic heterocycles. The summed E-state index contributed by atoms with van der Waals surface area (Å²) in [6.45, 7) is 0. The summed E-state index contributed by atoms with van der Waals surface area (Å²) in [5.41, 5.74) is 1.15. The van der Waals surface area contributed by atoms with E-state index in [-0.39, 0.29) is 11.6 Å². The lowest BCUT2D eigenvalue weighted by atomic mass is 10.1. The molecular formula is C17H15FO3. The fourth-order valence-electron chi connectivity index (χ4n) is 1.92. The van der Waals surface area contributed by atoms with E-state index in [1.54, 1.807) is 36.4 Å². The average molecular weight is 286 g/mol. The zero-order valence-electron chi connectivity index (χ0n) is 11.8. The van der Waals surface area contributed by atoms with Crippen LogP contribution in [0.5, 0.6) is 11.5 Å². The number of hydrogen-bond donors (Lipinski definition) is 0. The quantitative estimate of drug-likeness (QED) is 0.620. The first-order valence-electron chi connectivity index (χ1n) is 6.34. The van der Waals surface area contributed by atoms with Gasteiger partial charge in [-0.2, -0.15) is 0 Å². The molecule has 0 aliphatic carbocycles. The largest absolute Gasteiger partial charge is 0.493 e. The van der Waals surface area contributed by atoms with E-state index in [1.165, 1.54) is 32.4 Å². The average Bonchev–Trinajstić information content (AvgIpc) is 2.53. The van der Waals surface area contributed by atoms with Crippen molar-refractivity contribution < 1.29 is 18.7 Å². The van der Waals surface area contributed by atoms with Gasteiger partial charge in [-0.25, -0.2) is 4.39 Å². The Kier molecular flexibility index (Phi) is 4.72. The van der Waals surface area contributed by atoms with Crippen molar-refractivity contribution in [3.05, 3.63) is 65.5 Å². The van der Waals surface area contributed by atoms with Gasteiger partial charge in [-0.1, -0.05) is 24.3 Å². The summed E-state index contributed by atoms with van der Waals surface area (Å²) in [7, 11) is 3.00. The third-order valence-corrected chi connectivity index (χ3v) is 2.97. The molecule has 0 saturated carbocycles. The highest BCUT2D eigenvalue weighted by molar-refractivity contribution is 6.09. The molecule has 0 N–H and O–H groups in total. The number of hydrogen-bond acceptors (Lipinski definition) is 3. The molecule has 21 heavy (non-hydrogen) atoms. The monoisotopic (exact) mass is 286 g/mol.